The summed E-state index contributed by atoms with van der Waals surface area (Å²) in [6.45, 7) is 3.03. The van der Waals surface area contributed by atoms with Crippen LogP contribution < -0.4 is 4.90 Å². The van der Waals surface area contributed by atoms with Gasteiger partial charge in [0, 0.05) is 16.6 Å². The molecule has 2 aromatic rings. The summed E-state index contributed by atoms with van der Waals surface area (Å²) < 4.78 is 6.65. The summed E-state index contributed by atoms with van der Waals surface area (Å²) in [5.41, 5.74) is 2.07. The molecule has 0 atom stereocenters. The number of anilines is 1. The number of rotatable bonds is 6. The van der Waals surface area contributed by atoms with Gasteiger partial charge in [0.25, 0.3) is 11.8 Å². The van der Waals surface area contributed by atoms with E-state index >= 15 is 0 Å². The molecule has 0 radical (unpaired) electrons. The Bertz CT molecular complexity index is 1020. The molecule has 2 amide bonds. The molecule has 8 heteroatoms. The van der Waals surface area contributed by atoms with E-state index in [0.29, 0.717) is 27.1 Å². The van der Waals surface area contributed by atoms with Crippen molar-refractivity contribution in [3.63, 3.8) is 0 Å². The highest BCUT2D eigenvalue weighted by atomic mass is 79.9. The highest BCUT2D eigenvalue weighted by Gasteiger charge is 2.42. The van der Waals surface area contributed by atoms with Crippen LogP contribution in [0.1, 0.15) is 37.5 Å². The third kappa shape index (κ3) is 3.81. The highest BCUT2D eigenvalue weighted by Crippen LogP contribution is 2.45. The van der Waals surface area contributed by atoms with Gasteiger partial charge >= 0.3 is 0 Å². The van der Waals surface area contributed by atoms with Gasteiger partial charge in [-0.2, -0.15) is 0 Å². The standard InChI is InChI=1S/C21H19BrN2O3S2/c1-2-3-4-9-23-16-8-7-13(22)11-15(16)17(19(23)25)18-20(26)24(21(28)29-18)12-14-6-5-10-27-14/h5-8,10-11H,2-4,9,12H2,1H3. The van der Waals surface area contributed by atoms with Crippen molar-refractivity contribution >= 4 is 67.3 Å². The van der Waals surface area contributed by atoms with E-state index in [9.17, 15) is 9.59 Å². The number of fused-ring (bicyclic) bond motifs is 1. The Morgan fingerprint density at radius 1 is 1.14 bits per heavy atom. The first-order chi connectivity index (χ1) is 14.0. The normalized spacial score (nSPS) is 18.9. The minimum atomic E-state index is -0.249. The summed E-state index contributed by atoms with van der Waals surface area (Å²) in [5.74, 6) is 0.267. The molecule has 0 saturated carbocycles. The number of thioether (sulfide) groups is 1. The SMILES string of the molecule is CCCCCN1C(=O)C(=C2SC(=S)N(Cc3ccco3)C2=O)c2cc(Br)ccc21. The zero-order valence-corrected chi connectivity index (χ0v) is 19.0. The maximum absolute atomic E-state index is 13.3. The predicted octanol–water partition coefficient (Wildman–Crippen LogP) is 5.35. The van der Waals surface area contributed by atoms with Crippen LogP contribution in [0.15, 0.2) is 50.4 Å². The van der Waals surface area contributed by atoms with Crippen LogP contribution in [-0.4, -0.2) is 27.6 Å². The third-order valence-electron chi connectivity index (χ3n) is 4.93. The largest absolute Gasteiger partial charge is 0.467 e. The molecule has 1 saturated heterocycles. The molecule has 1 aromatic heterocycles. The number of carbonyl (C=O) groups is 2. The van der Waals surface area contributed by atoms with Crippen LogP contribution in [-0.2, 0) is 16.1 Å². The van der Waals surface area contributed by atoms with Crippen molar-refractivity contribution in [1.29, 1.82) is 0 Å². The van der Waals surface area contributed by atoms with Crippen LogP contribution in [0.3, 0.4) is 0 Å². The molecule has 0 N–H and O–H groups in total. The number of unbranched alkanes of at least 4 members (excludes halogenated alkanes) is 2. The average molecular weight is 491 g/mol. The molecule has 150 valence electrons. The van der Waals surface area contributed by atoms with Gasteiger partial charge in [0.1, 0.15) is 10.1 Å². The van der Waals surface area contributed by atoms with Crippen LogP contribution >= 0.6 is 39.9 Å². The molecular weight excluding hydrogens is 472 g/mol. The molecule has 2 aliphatic rings. The van der Waals surface area contributed by atoms with E-state index in [4.69, 9.17) is 16.6 Å². The van der Waals surface area contributed by atoms with Gasteiger partial charge in [-0.05, 0) is 36.8 Å². The maximum Gasteiger partial charge on any atom is 0.267 e. The Labute approximate surface area is 187 Å². The van der Waals surface area contributed by atoms with Crippen molar-refractivity contribution in [2.24, 2.45) is 0 Å². The first-order valence-electron chi connectivity index (χ1n) is 9.43. The van der Waals surface area contributed by atoms with Crippen molar-refractivity contribution in [3.05, 3.63) is 57.3 Å². The Balaban J connectivity index is 1.72. The number of nitrogens with zero attached hydrogens (tertiary/aromatic N) is 2. The summed E-state index contributed by atoms with van der Waals surface area (Å²) in [5, 5.41) is 0. The predicted molar refractivity (Wildman–Crippen MR) is 122 cm³/mol. The number of halogens is 1. The van der Waals surface area contributed by atoms with E-state index in [1.165, 1.54) is 16.7 Å². The van der Waals surface area contributed by atoms with E-state index in [1.807, 2.05) is 18.2 Å². The van der Waals surface area contributed by atoms with Crippen LogP contribution in [0.25, 0.3) is 5.57 Å². The van der Waals surface area contributed by atoms with Crippen molar-refractivity contribution in [2.45, 2.75) is 32.7 Å². The molecule has 3 heterocycles. The molecule has 2 aliphatic heterocycles. The number of benzene rings is 1. The number of furan rings is 1. The molecule has 0 bridgehead atoms. The highest BCUT2D eigenvalue weighted by molar-refractivity contribution is 9.10. The van der Waals surface area contributed by atoms with E-state index in [2.05, 4.69) is 22.9 Å². The summed E-state index contributed by atoms with van der Waals surface area (Å²) in [6, 6.07) is 9.33. The number of hydrogen-bond acceptors (Lipinski definition) is 5. The van der Waals surface area contributed by atoms with Gasteiger partial charge in [-0.15, -0.1) is 0 Å². The monoisotopic (exact) mass is 490 g/mol. The second-order valence-electron chi connectivity index (χ2n) is 6.87. The Morgan fingerprint density at radius 2 is 1.97 bits per heavy atom. The number of carbonyl (C=O) groups excluding carboxylic acids is 2. The topological polar surface area (TPSA) is 53.8 Å². The molecule has 1 aromatic carbocycles. The lowest BCUT2D eigenvalue weighted by molar-refractivity contribution is -0.123. The van der Waals surface area contributed by atoms with Crippen LogP contribution in [0.5, 0.6) is 0 Å². The van der Waals surface area contributed by atoms with Crippen LogP contribution in [0.4, 0.5) is 5.69 Å². The summed E-state index contributed by atoms with van der Waals surface area (Å²) in [6.07, 6.45) is 4.61. The van der Waals surface area contributed by atoms with E-state index in [-0.39, 0.29) is 18.4 Å². The lowest BCUT2D eigenvalue weighted by Crippen LogP contribution is -2.29. The van der Waals surface area contributed by atoms with E-state index in [1.54, 1.807) is 23.3 Å². The van der Waals surface area contributed by atoms with Crippen molar-refractivity contribution in [3.8, 4) is 0 Å². The van der Waals surface area contributed by atoms with Gasteiger partial charge in [-0.1, -0.05) is 59.7 Å². The molecule has 1 fully saturated rings. The first-order valence-corrected chi connectivity index (χ1v) is 11.4. The van der Waals surface area contributed by atoms with E-state index < -0.39 is 0 Å². The maximum atomic E-state index is 13.3. The van der Waals surface area contributed by atoms with Gasteiger partial charge in [0.05, 0.1) is 29.0 Å². The minimum absolute atomic E-state index is 0.132. The molecule has 5 nitrogen and oxygen atoms in total. The quantitative estimate of drug-likeness (QED) is 0.310. The van der Waals surface area contributed by atoms with Gasteiger partial charge in [-0.3, -0.25) is 14.5 Å². The van der Waals surface area contributed by atoms with Gasteiger partial charge in [0.15, 0.2) is 0 Å². The Hall–Kier alpha value is -1.90. The number of hydrogen-bond donors (Lipinski definition) is 0. The second kappa shape index (κ2) is 8.45. The van der Waals surface area contributed by atoms with Crippen molar-refractivity contribution in [2.75, 3.05) is 11.4 Å². The molecular formula is C21H19BrN2O3S2. The zero-order chi connectivity index (χ0) is 20.5. The number of thiocarbonyl (C=S) groups is 1. The fourth-order valence-electron chi connectivity index (χ4n) is 3.51. The minimum Gasteiger partial charge on any atom is -0.467 e. The molecule has 0 aliphatic carbocycles. The average Bonchev–Trinajstić information content (AvgIpc) is 3.37. The van der Waals surface area contributed by atoms with Gasteiger partial charge in [0.2, 0.25) is 0 Å². The lowest BCUT2D eigenvalue weighted by Gasteiger charge is -2.16. The smallest absolute Gasteiger partial charge is 0.267 e. The summed E-state index contributed by atoms with van der Waals surface area (Å²) in [7, 11) is 0. The fourth-order valence-corrected chi connectivity index (χ4v) is 5.20. The molecule has 29 heavy (non-hydrogen) atoms. The summed E-state index contributed by atoms with van der Waals surface area (Å²) in [4.78, 5) is 30.2. The molecule has 0 spiro atoms. The first kappa shape index (κ1) is 20.4. The fraction of sp³-hybridized carbons (Fsp3) is 0.286. The van der Waals surface area contributed by atoms with Crippen molar-refractivity contribution < 1.29 is 14.0 Å². The second-order valence-corrected chi connectivity index (χ2v) is 9.43. The van der Waals surface area contributed by atoms with Gasteiger partial charge in [-0.25, -0.2) is 0 Å². The Kier molecular flexibility index (Phi) is 5.94. The molecule has 0 unspecified atom stereocenters. The number of amides is 2. The van der Waals surface area contributed by atoms with Crippen LogP contribution in [0.2, 0.25) is 0 Å². The molecule has 4 rings (SSSR count). The lowest BCUT2D eigenvalue weighted by atomic mass is 10.1. The summed E-state index contributed by atoms with van der Waals surface area (Å²) >= 11 is 10.1. The van der Waals surface area contributed by atoms with Crippen LogP contribution in [0, 0.1) is 0 Å². The van der Waals surface area contributed by atoms with Gasteiger partial charge < -0.3 is 9.32 Å². The van der Waals surface area contributed by atoms with Crippen molar-refractivity contribution in [1.82, 2.24) is 4.90 Å². The zero-order valence-electron chi connectivity index (χ0n) is 15.8. The van der Waals surface area contributed by atoms with E-state index in [0.717, 1.165) is 35.0 Å². The Morgan fingerprint density at radius 3 is 2.69 bits per heavy atom. The third-order valence-corrected chi connectivity index (χ3v) is 6.87.